The number of hydrogen-bond donors (Lipinski definition) is 1. The van der Waals surface area contributed by atoms with Crippen molar-refractivity contribution in [3.63, 3.8) is 0 Å². The van der Waals surface area contributed by atoms with E-state index in [4.69, 9.17) is 10.5 Å². The van der Waals surface area contributed by atoms with Gasteiger partial charge in [-0.1, -0.05) is 27.7 Å². The third kappa shape index (κ3) is 3.72. The molecule has 1 aliphatic heterocycles. The molecule has 1 saturated heterocycles. The highest BCUT2D eigenvalue weighted by molar-refractivity contribution is 4.91. The molecule has 1 aliphatic rings. The van der Waals surface area contributed by atoms with Crippen LogP contribution in [0.3, 0.4) is 0 Å². The average Bonchev–Trinajstić information content (AvgIpc) is 2.44. The maximum Gasteiger partial charge on any atom is 0.0593 e. The molecule has 0 radical (unpaired) electrons. The van der Waals surface area contributed by atoms with Gasteiger partial charge in [-0.3, -0.25) is 4.90 Å². The molecule has 0 aromatic rings. The van der Waals surface area contributed by atoms with E-state index in [-0.39, 0.29) is 11.5 Å². The minimum atomic E-state index is 0.236. The Hall–Kier alpha value is -0.120. The van der Waals surface area contributed by atoms with Crippen LogP contribution in [0.2, 0.25) is 0 Å². The van der Waals surface area contributed by atoms with Gasteiger partial charge >= 0.3 is 0 Å². The molecule has 2 unspecified atom stereocenters. The molecule has 0 aliphatic carbocycles. The molecular weight excluding hydrogens is 200 g/mol. The zero-order chi connectivity index (χ0) is 12.2. The van der Waals surface area contributed by atoms with Gasteiger partial charge in [-0.05, 0) is 18.3 Å². The van der Waals surface area contributed by atoms with Gasteiger partial charge in [0.05, 0.1) is 6.61 Å². The van der Waals surface area contributed by atoms with E-state index in [1.54, 1.807) is 0 Å². The van der Waals surface area contributed by atoms with Gasteiger partial charge in [0.25, 0.3) is 0 Å². The van der Waals surface area contributed by atoms with Crippen molar-refractivity contribution in [2.24, 2.45) is 11.1 Å². The predicted molar refractivity (Wildman–Crippen MR) is 68.5 cm³/mol. The number of rotatable bonds is 3. The zero-order valence-electron chi connectivity index (χ0n) is 11.3. The fourth-order valence-electron chi connectivity index (χ4n) is 2.73. The van der Waals surface area contributed by atoms with E-state index in [0.29, 0.717) is 6.04 Å². The fourth-order valence-corrected chi connectivity index (χ4v) is 2.73. The summed E-state index contributed by atoms with van der Waals surface area (Å²) >= 11 is 0. The van der Waals surface area contributed by atoms with Crippen molar-refractivity contribution in [3.8, 4) is 0 Å². The van der Waals surface area contributed by atoms with E-state index < -0.39 is 0 Å². The summed E-state index contributed by atoms with van der Waals surface area (Å²) in [7, 11) is 0. The van der Waals surface area contributed by atoms with Crippen molar-refractivity contribution in [3.05, 3.63) is 0 Å². The summed E-state index contributed by atoms with van der Waals surface area (Å²) in [5, 5.41) is 0. The van der Waals surface area contributed by atoms with Crippen LogP contribution in [0, 0.1) is 5.41 Å². The first-order chi connectivity index (χ1) is 7.46. The monoisotopic (exact) mass is 228 g/mol. The van der Waals surface area contributed by atoms with Crippen molar-refractivity contribution >= 4 is 0 Å². The van der Waals surface area contributed by atoms with Gasteiger partial charge in [-0.15, -0.1) is 0 Å². The van der Waals surface area contributed by atoms with Gasteiger partial charge in [0.2, 0.25) is 0 Å². The third-order valence-electron chi connectivity index (χ3n) is 3.41. The normalized spacial score (nSPS) is 23.8. The quantitative estimate of drug-likeness (QED) is 0.801. The standard InChI is InChI=1S/C13H28N2O/c1-5-11(14)12(13(2,3)4)15-7-6-9-16-10-8-15/h11-12H,5-10,14H2,1-4H3. The van der Waals surface area contributed by atoms with Gasteiger partial charge in [-0.25, -0.2) is 0 Å². The van der Waals surface area contributed by atoms with Crippen LogP contribution in [0.1, 0.15) is 40.5 Å². The Morgan fingerprint density at radius 1 is 1.25 bits per heavy atom. The van der Waals surface area contributed by atoms with E-state index in [2.05, 4.69) is 32.6 Å². The van der Waals surface area contributed by atoms with E-state index in [0.717, 1.165) is 39.1 Å². The lowest BCUT2D eigenvalue weighted by molar-refractivity contribution is 0.0695. The molecule has 3 heteroatoms. The van der Waals surface area contributed by atoms with Gasteiger partial charge in [0, 0.05) is 31.8 Å². The highest BCUT2D eigenvalue weighted by Crippen LogP contribution is 2.28. The van der Waals surface area contributed by atoms with E-state index >= 15 is 0 Å². The SMILES string of the molecule is CCC(N)C(N1CCCOCC1)C(C)(C)C. The molecule has 2 N–H and O–H groups in total. The number of nitrogens with zero attached hydrogens (tertiary/aromatic N) is 1. The van der Waals surface area contributed by atoms with Crippen molar-refractivity contribution < 1.29 is 4.74 Å². The molecule has 0 bridgehead atoms. The Bertz CT molecular complexity index is 193. The van der Waals surface area contributed by atoms with Crippen LogP contribution in [0.15, 0.2) is 0 Å². The molecule has 0 aromatic carbocycles. The number of nitrogens with two attached hydrogens (primary N) is 1. The molecule has 96 valence electrons. The summed E-state index contributed by atoms with van der Waals surface area (Å²) in [5.74, 6) is 0. The smallest absolute Gasteiger partial charge is 0.0593 e. The zero-order valence-corrected chi connectivity index (χ0v) is 11.3. The summed E-state index contributed by atoms with van der Waals surface area (Å²) in [6, 6.07) is 0.720. The van der Waals surface area contributed by atoms with Gasteiger partial charge in [0.1, 0.15) is 0 Å². The second kappa shape index (κ2) is 5.99. The number of hydrogen-bond acceptors (Lipinski definition) is 3. The van der Waals surface area contributed by atoms with Crippen LogP contribution in [0.5, 0.6) is 0 Å². The Kier molecular flexibility index (Phi) is 5.22. The highest BCUT2D eigenvalue weighted by Gasteiger charge is 2.34. The van der Waals surface area contributed by atoms with Crippen molar-refractivity contribution in [2.45, 2.75) is 52.6 Å². The Morgan fingerprint density at radius 2 is 1.94 bits per heavy atom. The topological polar surface area (TPSA) is 38.5 Å². The molecule has 16 heavy (non-hydrogen) atoms. The Labute approximate surface area is 100 Å². The lowest BCUT2D eigenvalue weighted by Gasteiger charge is -2.43. The molecule has 0 aromatic heterocycles. The Balaban J connectivity index is 2.74. The van der Waals surface area contributed by atoms with Crippen LogP contribution in [-0.4, -0.2) is 43.3 Å². The molecule has 3 nitrogen and oxygen atoms in total. The molecule has 0 saturated carbocycles. The van der Waals surface area contributed by atoms with Crippen molar-refractivity contribution in [1.29, 1.82) is 0 Å². The minimum Gasteiger partial charge on any atom is -0.380 e. The van der Waals surface area contributed by atoms with Gasteiger partial charge in [0.15, 0.2) is 0 Å². The lowest BCUT2D eigenvalue weighted by atomic mass is 9.80. The average molecular weight is 228 g/mol. The summed E-state index contributed by atoms with van der Waals surface area (Å²) in [4.78, 5) is 2.53. The molecular formula is C13H28N2O. The second-order valence-corrected chi connectivity index (χ2v) is 5.88. The van der Waals surface area contributed by atoms with E-state index in [1.165, 1.54) is 0 Å². The first-order valence-electron chi connectivity index (χ1n) is 6.54. The maximum absolute atomic E-state index is 6.30. The van der Waals surface area contributed by atoms with Gasteiger partial charge < -0.3 is 10.5 Å². The molecule has 0 spiro atoms. The molecule has 0 amide bonds. The van der Waals surface area contributed by atoms with Crippen LogP contribution < -0.4 is 5.73 Å². The molecule has 1 rings (SSSR count). The van der Waals surface area contributed by atoms with Crippen molar-refractivity contribution in [1.82, 2.24) is 4.90 Å². The van der Waals surface area contributed by atoms with E-state index in [1.807, 2.05) is 0 Å². The van der Waals surface area contributed by atoms with Crippen molar-refractivity contribution in [2.75, 3.05) is 26.3 Å². The summed E-state index contributed by atoms with van der Waals surface area (Å²) in [5.41, 5.74) is 6.54. The van der Waals surface area contributed by atoms with Crippen LogP contribution in [0.4, 0.5) is 0 Å². The Morgan fingerprint density at radius 3 is 2.50 bits per heavy atom. The summed E-state index contributed by atoms with van der Waals surface area (Å²) in [6.45, 7) is 12.9. The van der Waals surface area contributed by atoms with Crippen LogP contribution >= 0.6 is 0 Å². The maximum atomic E-state index is 6.30. The lowest BCUT2D eigenvalue weighted by Crippen LogP contribution is -2.55. The molecule has 2 atom stereocenters. The first kappa shape index (κ1) is 13.9. The molecule has 1 fully saturated rings. The minimum absolute atomic E-state index is 0.236. The van der Waals surface area contributed by atoms with Crippen LogP contribution in [0.25, 0.3) is 0 Å². The predicted octanol–water partition coefficient (Wildman–Crippen LogP) is 1.86. The second-order valence-electron chi connectivity index (χ2n) is 5.88. The summed E-state index contributed by atoms with van der Waals surface area (Å²) < 4.78 is 5.52. The van der Waals surface area contributed by atoms with Crippen LogP contribution in [-0.2, 0) is 4.74 Å². The fraction of sp³-hybridized carbons (Fsp3) is 1.00. The summed E-state index contributed by atoms with van der Waals surface area (Å²) in [6.07, 6.45) is 2.17. The van der Waals surface area contributed by atoms with Gasteiger partial charge in [-0.2, -0.15) is 0 Å². The highest BCUT2D eigenvalue weighted by atomic mass is 16.5. The third-order valence-corrected chi connectivity index (χ3v) is 3.41. The largest absolute Gasteiger partial charge is 0.380 e. The number of ether oxygens (including phenoxy) is 1. The molecule has 1 heterocycles. The van der Waals surface area contributed by atoms with E-state index in [9.17, 15) is 0 Å². The first-order valence-corrected chi connectivity index (χ1v) is 6.54.